The molecule has 3 heteroatoms. The van der Waals surface area contributed by atoms with Gasteiger partial charge in [0.05, 0.1) is 0 Å². The number of hydrogen-bond acceptors (Lipinski definition) is 3. The zero-order valence-corrected chi connectivity index (χ0v) is 31.2. The van der Waals surface area contributed by atoms with Crippen LogP contribution in [-0.2, 0) is 0 Å². The van der Waals surface area contributed by atoms with Crippen LogP contribution in [0.1, 0.15) is 127 Å². The molecular formula is C46H61NO2. The van der Waals surface area contributed by atoms with Crippen LogP contribution in [0.2, 0.25) is 0 Å². The fourth-order valence-electron chi connectivity index (χ4n) is 14.1. The number of ketones is 1. The molecular weight excluding hydrogens is 599 g/mol. The lowest BCUT2D eigenvalue weighted by atomic mass is 9.32. The van der Waals surface area contributed by atoms with Crippen LogP contribution in [0.4, 0.5) is 0 Å². The van der Waals surface area contributed by atoms with Gasteiger partial charge in [-0.2, -0.15) is 0 Å². The highest BCUT2D eigenvalue weighted by molar-refractivity contribution is 6.00. The zero-order valence-electron chi connectivity index (χ0n) is 31.2. The zero-order chi connectivity index (χ0) is 34.6. The van der Waals surface area contributed by atoms with Gasteiger partial charge in [-0.1, -0.05) is 107 Å². The Balaban J connectivity index is 1.07. The number of benzene rings is 2. The monoisotopic (exact) mass is 659 g/mol. The van der Waals surface area contributed by atoms with Crippen LogP contribution in [0, 0.1) is 56.7 Å². The fourth-order valence-corrected chi connectivity index (χ4v) is 14.1. The smallest absolute Gasteiger partial charge is 0.195 e. The molecule has 6 aliphatic rings. The summed E-state index contributed by atoms with van der Waals surface area (Å²) in [7, 11) is 0. The second-order valence-corrected chi connectivity index (χ2v) is 19.1. The molecule has 10 atom stereocenters. The van der Waals surface area contributed by atoms with Crippen molar-refractivity contribution in [3.8, 4) is 0 Å². The van der Waals surface area contributed by atoms with Crippen LogP contribution in [-0.4, -0.2) is 35.4 Å². The molecule has 1 saturated heterocycles. The Hall–Kier alpha value is -2.49. The first-order valence-corrected chi connectivity index (χ1v) is 19.7. The first kappa shape index (κ1) is 33.6. The largest absolute Gasteiger partial charge is 0.380 e. The third kappa shape index (κ3) is 4.91. The van der Waals surface area contributed by atoms with Crippen LogP contribution in [0.3, 0.4) is 0 Å². The summed E-state index contributed by atoms with van der Waals surface area (Å²) in [6.07, 6.45) is 13.6. The number of aliphatic hydroxyl groups excluding tert-OH is 1. The maximum atomic E-state index is 13.2. The Morgan fingerprint density at radius 1 is 0.857 bits per heavy atom. The highest BCUT2D eigenvalue weighted by Gasteiger charge is 2.70. The molecule has 1 N–H and O–H groups in total. The average Bonchev–Trinajstić information content (AvgIpc) is 3.81. The molecule has 5 aliphatic carbocycles. The van der Waals surface area contributed by atoms with E-state index < -0.39 is 6.10 Å². The predicted molar refractivity (Wildman–Crippen MR) is 201 cm³/mol. The van der Waals surface area contributed by atoms with E-state index >= 15 is 0 Å². The lowest BCUT2D eigenvalue weighted by Gasteiger charge is -2.72. The van der Waals surface area contributed by atoms with Gasteiger partial charge in [-0.05, 0) is 138 Å². The van der Waals surface area contributed by atoms with Gasteiger partial charge in [-0.3, -0.25) is 4.79 Å². The van der Waals surface area contributed by atoms with Crippen LogP contribution in [0.25, 0.3) is 5.57 Å². The minimum atomic E-state index is -1.14. The minimum Gasteiger partial charge on any atom is -0.380 e. The summed E-state index contributed by atoms with van der Waals surface area (Å²) in [5.41, 5.74) is 6.91. The van der Waals surface area contributed by atoms with Gasteiger partial charge >= 0.3 is 0 Å². The fraction of sp³-hybridized carbons (Fsp3) is 0.630. The summed E-state index contributed by atoms with van der Waals surface area (Å²) in [4.78, 5) is 15.9. The van der Waals surface area contributed by atoms with E-state index in [1.165, 1.54) is 87.7 Å². The van der Waals surface area contributed by atoms with E-state index in [1.54, 1.807) is 0 Å². The summed E-state index contributed by atoms with van der Waals surface area (Å²) in [5.74, 6) is 3.45. The number of rotatable bonds is 7. The summed E-state index contributed by atoms with van der Waals surface area (Å²) < 4.78 is 0. The molecule has 8 rings (SSSR count). The molecule has 1 heterocycles. The third-order valence-corrected chi connectivity index (χ3v) is 16.7. The number of Topliss-reactive ketones (excluding diaryl/α,β-unsaturated/α-hetero) is 1. The molecule has 262 valence electrons. The van der Waals surface area contributed by atoms with E-state index in [4.69, 9.17) is 0 Å². The summed E-state index contributed by atoms with van der Waals surface area (Å²) in [6, 6.07) is 17.4. The number of carbonyl (C=O) groups excluding carboxylic acids is 1. The number of carbonyl (C=O) groups is 1. The lowest BCUT2D eigenvalue weighted by molar-refractivity contribution is -0.225. The second kappa shape index (κ2) is 11.5. The Bertz CT molecular complexity index is 1650. The first-order valence-electron chi connectivity index (χ1n) is 19.7. The Morgan fingerprint density at radius 3 is 2.24 bits per heavy atom. The second-order valence-electron chi connectivity index (χ2n) is 19.1. The van der Waals surface area contributed by atoms with E-state index in [-0.39, 0.29) is 16.6 Å². The molecule has 4 saturated carbocycles. The third-order valence-electron chi connectivity index (χ3n) is 16.7. The van der Waals surface area contributed by atoms with Crippen molar-refractivity contribution in [3.05, 3.63) is 89.5 Å². The maximum absolute atomic E-state index is 13.2. The number of aliphatic hydroxyl groups is 1. The summed E-state index contributed by atoms with van der Waals surface area (Å²) >= 11 is 0. The van der Waals surface area contributed by atoms with E-state index in [0.29, 0.717) is 39.2 Å². The minimum absolute atomic E-state index is 0.0398. The number of allylic oxidation sites excluding steroid dienone is 3. The van der Waals surface area contributed by atoms with Crippen molar-refractivity contribution in [2.75, 3.05) is 19.6 Å². The number of hydrogen-bond donors (Lipinski definition) is 1. The van der Waals surface area contributed by atoms with E-state index in [0.717, 1.165) is 24.2 Å². The quantitative estimate of drug-likeness (QED) is 0.183. The molecule has 0 bridgehead atoms. The van der Waals surface area contributed by atoms with Gasteiger partial charge in [0.15, 0.2) is 5.78 Å². The van der Waals surface area contributed by atoms with Crippen molar-refractivity contribution >= 4 is 11.4 Å². The number of fused-ring (bicyclic) bond motifs is 7. The Kier molecular flexibility index (Phi) is 7.90. The average molecular weight is 660 g/mol. The standard InChI is InChI=1S/C46H61NO2/c1-30(2)34-19-24-46(29-47-27-28-47)26-25-44(6)36(39(34)46)17-18-38-43(5)22-20-35(42(3,4)37(43)21-23-45(38,44)7)31-13-15-33(16-14-31)41(49)40(48)32-11-9-8-10-12-32/h8-16,20,34,36-40,48H,1,17-19,21-29H2,2-7H3/t34-,36+,37-,38+,39+,40?,43-,44+,45+,46+/m0/s1. The molecule has 3 nitrogen and oxygen atoms in total. The molecule has 2 aromatic rings. The molecule has 1 unspecified atom stereocenters. The molecule has 1 aliphatic heterocycles. The molecule has 0 spiro atoms. The maximum Gasteiger partial charge on any atom is 0.195 e. The molecule has 5 fully saturated rings. The summed E-state index contributed by atoms with van der Waals surface area (Å²) in [5, 5.41) is 10.8. The van der Waals surface area contributed by atoms with Crippen molar-refractivity contribution in [2.24, 2.45) is 56.7 Å². The van der Waals surface area contributed by atoms with Crippen LogP contribution in [0.15, 0.2) is 72.8 Å². The molecule has 49 heavy (non-hydrogen) atoms. The predicted octanol–water partition coefficient (Wildman–Crippen LogP) is 10.6. The molecule has 0 amide bonds. The van der Waals surface area contributed by atoms with Crippen LogP contribution < -0.4 is 0 Å². The van der Waals surface area contributed by atoms with Gasteiger partial charge in [0, 0.05) is 25.2 Å². The van der Waals surface area contributed by atoms with Gasteiger partial charge in [0.1, 0.15) is 6.10 Å². The number of nitrogens with zero attached hydrogens (tertiary/aromatic N) is 1. The molecule has 0 aromatic heterocycles. The first-order chi connectivity index (χ1) is 23.3. The van der Waals surface area contributed by atoms with Crippen molar-refractivity contribution in [3.63, 3.8) is 0 Å². The van der Waals surface area contributed by atoms with E-state index in [1.807, 2.05) is 42.5 Å². The highest BCUT2D eigenvalue weighted by atomic mass is 16.3. The van der Waals surface area contributed by atoms with Crippen molar-refractivity contribution < 1.29 is 9.90 Å². The van der Waals surface area contributed by atoms with Crippen LogP contribution >= 0.6 is 0 Å². The normalized spacial score (nSPS) is 41.4. The highest BCUT2D eigenvalue weighted by Crippen LogP contribution is 2.77. The van der Waals surface area contributed by atoms with Gasteiger partial charge in [-0.15, -0.1) is 0 Å². The topological polar surface area (TPSA) is 40.3 Å². The van der Waals surface area contributed by atoms with Crippen molar-refractivity contribution in [1.29, 1.82) is 0 Å². The van der Waals surface area contributed by atoms with E-state index in [2.05, 4.69) is 71.2 Å². The lowest BCUT2D eigenvalue weighted by Crippen LogP contribution is -2.65. The van der Waals surface area contributed by atoms with Gasteiger partial charge < -0.3 is 10.0 Å². The van der Waals surface area contributed by atoms with Crippen molar-refractivity contribution in [1.82, 2.24) is 4.90 Å². The molecule has 2 aromatic carbocycles. The SMILES string of the molecule is C=C(C)[C@@H]1CC[C@]2(CN3CC3)CC[C@]3(C)[C@H](CC[C@@H]4[C@@]5(C)CC=C(c6ccc(C(=O)C(O)c7ccccc7)cc6)C(C)(C)[C@@H]5CC[C@]43C)[C@@H]12. The molecule has 0 radical (unpaired) electrons. The Morgan fingerprint density at radius 2 is 1.57 bits per heavy atom. The van der Waals surface area contributed by atoms with Gasteiger partial charge in [0.25, 0.3) is 0 Å². The van der Waals surface area contributed by atoms with Crippen molar-refractivity contribution in [2.45, 2.75) is 105 Å². The van der Waals surface area contributed by atoms with Gasteiger partial charge in [0.2, 0.25) is 0 Å². The summed E-state index contributed by atoms with van der Waals surface area (Å²) in [6.45, 7) is 24.2. The van der Waals surface area contributed by atoms with Crippen LogP contribution in [0.5, 0.6) is 0 Å². The van der Waals surface area contributed by atoms with E-state index in [9.17, 15) is 9.90 Å². The van der Waals surface area contributed by atoms with Gasteiger partial charge in [-0.25, -0.2) is 0 Å². The Labute approximate surface area is 296 Å².